The molecule has 0 spiro atoms. The minimum Gasteiger partial charge on any atom is -0.496 e. The topological polar surface area (TPSA) is 55.1 Å². The van der Waals surface area contributed by atoms with Crippen LogP contribution < -0.4 is 9.47 Å². The van der Waals surface area contributed by atoms with Crippen LogP contribution in [0.2, 0.25) is 0 Å². The minimum atomic E-state index is 0.521. The summed E-state index contributed by atoms with van der Waals surface area (Å²) in [5, 5.41) is 8.76. The van der Waals surface area contributed by atoms with Gasteiger partial charge < -0.3 is 9.47 Å². The van der Waals surface area contributed by atoms with Gasteiger partial charge in [-0.1, -0.05) is 6.07 Å². The largest absolute Gasteiger partial charge is 0.496 e. The Kier molecular flexibility index (Phi) is 3.44. The van der Waals surface area contributed by atoms with Crippen molar-refractivity contribution in [3.8, 4) is 28.8 Å². The molecule has 90 valence electrons. The van der Waals surface area contributed by atoms with Crippen LogP contribution in [-0.4, -0.2) is 19.2 Å². The first-order chi connectivity index (χ1) is 8.80. The molecule has 0 aliphatic carbocycles. The molecule has 0 radical (unpaired) electrons. The first kappa shape index (κ1) is 11.9. The van der Waals surface area contributed by atoms with Crippen LogP contribution in [0.25, 0.3) is 11.3 Å². The van der Waals surface area contributed by atoms with Gasteiger partial charge in [0.15, 0.2) is 0 Å². The molecular weight excluding hydrogens is 228 g/mol. The number of aromatic nitrogens is 1. The Hall–Kier alpha value is -2.54. The maximum absolute atomic E-state index is 8.76. The molecule has 0 N–H and O–H groups in total. The number of nitriles is 1. The molecule has 18 heavy (non-hydrogen) atoms. The maximum atomic E-state index is 8.76. The molecule has 0 bridgehead atoms. The van der Waals surface area contributed by atoms with Crippen molar-refractivity contribution in [3.05, 3.63) is 42.1 Å². The van der Waals surface area contributed by atoms with Crippen LogP contribution in [0.15, 0.2) is 36.5 Å². The molecule has 0 aliphatic rings. The van der Waals surface area contributed by atoms with Gasteiger partial charge >= 0.3 is 0 Å². The van der Waals surface area contributed by atoms with Crippen LogP contribution >= 0.6 is 0 Å². The molecule has 0 unspecified atom stereocenters. The Bertz CT molecular complexity index is 563. The number of ether oxygens (including phenoxy) is 2. The summed E-state index contributed by atoms with van der Waals surface area (Å²) < 4.78 is 10.6. The lowest BCUT2D eigenvalue weighted by Gasteiger charge is -2.12. The Morgan fingerprint density at radius 1 is 1.06 bits per heavy atom. The van der Waals surface area contributed by atoms with E-state index in [9.17, 15) is 0 Å². The third-order valence-electron chi connectivity index (χ3n) is 2.58. The van der Waals surface area contributed by atoms with Crippen LogP contribution in [-0.2, 0) is 0 Å². The highest BCUT2D eigenvalue weighted by Crippen LogP contribution is 2.36. The standard InChI is InChI=1S/C14H12N2O2/c1-17-12-4-3-5-13(18-2)14(12)11-7-6-10(8-15)9-16-11/h3-7,9H,1-2H3. The van der Waals surface area contributed by atoms with Crippen LogP contribution in [0.1, 0.15) is 5.56 Å². The second-order valence-corrected chi connectivity index (χ2v) is 3.58. The van der Waals surface area contributed by atoms with E-state index >= 15 is 0 Å². The van der Waals surface area contributed by atoms with Crippen molar-refractivity contribution in [2.75, 3.05) is 14.2 Å². The molecule has 0 aliphatic heterocycles. The van der Waals surface area contributed by atoms with Crippen molar-refractivity contribution in [1.29, 1.82) is 5.26 Å². The van der Waals surface area contributed by atoms with Gasteiger partial charge in [-0.25, -0.2) is 0 Å². The quantitative estimate of drug-likeness (QED) is 0.827. The normalized spacial score (nSPS) is 9.61. The number of rotatable bonds is 3. The van der Waals surface area contributed by atoms with Crippen LogP contribution in [0.5, 0.6) is 11.5 Å². The van der Waals surface area contributed by atoms with Crippen molar-refractivity contribution in [3.63, 3.8) is 0 Å². The number of nitrogens with zero attached hydrogens (tertiary/aromatic N) is 2. The number of hydrogen-bond acceptors (Lipinski definition) is 4. The van der Waals surface area contributed by atoms with Gasteiger partial charge in [0.2, 0.25) is 0 Å². The van der Waals surface area contributed by atoms with Crippen LogP contribution in [0, 0.1) is 11.3 Å². The van der Waals surface area contributed by atoms with E-state index in [4.69, 9.17) is 14.7 Å². The Morgan fingerprint density at radius 2 is 1.72 bits per heavy atom. The van der Waals surface area contributed by atoms with Gasteiger partial charge in [-0.3, -0.25) is 4.98 Å². The molecule has 4 heteroatoms. The zero-order valence-electron chi connectivity index (χ0n) is 10.2. The number of benzene rings is 1. The van der Waals surface area contributed by atoms with Gasteiger partial charge in [0, 0.05) is 6.20 Å². The molecule has 0 fully saturated rings. The number of pyridine rings is 1. The first-order valence-corrected chi connectivity index (χ1v) is 5.37. The van der Waals surface area contributed by atoms with Gasteiger partial charge in [-0.2, -0.15) is 5.26 Å². The molecule has 4 nitrogen and oxygen atoms in total. The van der Waals surface area contributed by atoms with E-state index in [-0.39, 0.29) is 0 Å². The Morgan fingerprint density at radius 3 is 2.17 bits per heavy atom. The summed E-state index contributed by atoms with van der Waals surface area (Å²) in [4.78, 5) is 4.25. The summed E-state index contributed by atoms with van der Waals surface area (Å²) in [6, 6.07) is 11.1. The predicted octanol–water partition coefficient (Wildman–Crippen LogP) is 2.64. The number of methoxy groups -OCH3 is 2. The van der Waals surface area contributed by atoms with Gasteiger partial charge in [-0.05, 0) is 24.3 Å². The molecular formula is C14H12N2O2. The minimum absolute atomic E-state index is 0.521. The van der Waals surface area contributed by atoms with Gasteiger partial charge in [0.25, 0.3) is 0 Å². The highest BCUT2D eigenvalue weighted by molar-refractivity contribution is 5.74. The van der Waals surface area contributed by atoms with Crippen molar-refractivity contribution < 1.29 is 9.47 Å². The van der Waals surface area contributed by atoms with Gasteiger partial charge in [0.1, 0.15) is 17.6 Å². The lowest BCUT2D eigenvalue weighted by atomic mass is 10.1. The van der Waals surface area contributed by atoms with E-state index in [1.54, 1.807) is 26.4 Å². The first-order valence-electron chi connectivity index (χ1n) is 5.37. The Balaban J connectivity index is 2.58. The fourth-order valence-corrected chi connectivity index (χ4v) is 1.71. The second-order valence-electron chi connectivity index (χ2n) is 3.58. The lowest BCUT2D eigenvalue weighted by molar-refractivity contribution is 0.397. The fourth-order valence-electron chi connectivity index (χ4n) is 1.71. The molecule has 0 saturated carbocycles. The van der Waals surface area contributed by atoms with Crippen molar-refractivity contribution >= 4 is 0 Å². The molecule has 1 heterocycles. The van der Waals surface area contributed by atoms with Crippen molar-refractivity contribution in [2.24, 2.45) is 0 Å². The third-order valence-corrected chi connectivity index (χ3v) is 2.58. The van der Waals surface area contributed by atoms with Crippen LogP contribution in [0.4, 0.5) is 0 Å². The molecule has 1 aromatic carbocycles. The molecule has 2 rings (SSSR count). The molecule has 0 saturated heterocycles. The summed E-state index contributed by atoms with van der Waals surface area (Å²) in [5.74, 6) is 1.37. The Labute approximate surface area is 105 Å². The van der Waals surface area contributed by atoms with E-state index in [0.29, 0.717) is 22.8 Å². The molecule has 1 aromatic heterocycles. The SMILES string of the molecule is COc1cccc(OC)c1-c1ccc(C#N)cn1. The van der Waals surface area contributed by atoms with E-state index in [1.807, 2.05) is 24.3 Å². The highest BCUT2D eigenvalue weighted by Gasteiger charge is 2.13. The fraction of sp³-hybridized carbons (Fsp3) is 0.143. The highest BCUT2D eigenvalue weighted by atomic mass is 16.5. The summed E-state index contributed by atoms with van der Waals surface area (Å²) in [6.07, 6.45) is 1.53. The summed E-state index contributed by atoms with van der Waals surface area (Å²) in [7, 11) is 3.20. The average molecular weight is 240 g/mol. The molecule has 2 aromatic rings. The second kappa shape index (κ2) is 5.19. The van der Waals surface area contributed by atoms with Crippen molar-refractivity contribution in [2.45, 2.75) is 0 Å². The summed E-state index contributed by atoms with van der Waals surface area (Å²) in [5.41, 5.74) is 2.02. The maximum Gasteiger partial charge on any atom is 0.132 e. The number of hydrogen-bond donors (Lipinski definition) is 0. The van der Waals surface area contributed by atoms with Gasteiger partial charge in [0.05, 0.1) is 31.0 Å². The van der Waals surface area contributed by atoms with E-state index < -0.39 is 0 Å². The lowest BCUT2D eigenvalue weighted by Crippen LogP contribution is -1.94. The smallest absolute Gasteiger partial charge is 0.132 e. The average Bonchev–Trinajstić information content (AvgIpc) is 2.46. The zero-order chi connectivity index (χ0) is 13.0. The van der Waals surface area contributed by atoms with Crippen LogP contribution in [0.3, 0.4) is 0 Å². The summed E-state index contributed by atoms with van der Waals surface area (Å²) in [6.45, 7) is 0. The monoisotopic (exact) mass is 240 g/mol. The van der Waals surface area contributed by atoms with Gasteiger partial charge in [-0.15, -0.1) is 0 Å². The predicted molar refractivity (Wildman–Crippen MR) is 67.5 cm³/mol. The van der Waals surface area contributed by atoms with Crippen molar-refractivity contribution in [1.82, 2.24) is 4.98 Å². The molecule has 0 atom stereocenters. The zero-order valence-corrected chi connectivity index (χ0v) is 10.2. The van der Waals surface area contributed by atoms with E-state index in [1.165, 1.54) is 6.20 Å². The summed E-state index contributed by atoms with van der Waals surface area (Å²) >= 11 is 0. The molecule has 0 amide bonds. The van der Waals surface area contributed by atoms with E-state index in [0.717, 1.165) is 5.56 Å². The van der Waals surface area contributed by atoms with E-state index in [2.05, 4.69) is 4.98 Å². The third kappa shape index (κ3) is 2.11.